The Bertz CT molecular complexity index is 435. The van der Waals surface area contributed by atoms with Crippen molar-refractivity contribution in [2.75, 3.05) is 10.6 Å². The Balaban J connectivity index is 1.50. The van der Waals surface area contributed by atoms with Gasteiger partial charge in [0.15, 0.2) is 0 Å². The standard InChI is InChI=1S/C14H20N4O/c19-14(17-11-5-6-11)18-12-7-8-13(15-9-12)16-10-3-1-2-4-10/h7-11H,1-6H2,(H,15,16)(H2,17,18,19). The quantitative estimate of drug-likeness (QED) is 0.779. The van der Waals surface area contributed by atoms with Crippen molar-refractivity contribution in [1.29, 1.82) is 0 Å². The minimum atomic E-state index is -0.138. The topological polar surface area (TPSA) is 66.0 Å². The molecule has 2 saturated carbocycles. The van der Waals surface area contributed by atoms with Gasteiger partial charge in [-0.15, -0.1) is 0 Å². The van der Waals surface area contributed by atoms with Gasteiger partial charge in [0.1, 0.15) is 5.82 Å². The summed E-state index contributed by atoms with van der Waals surface area (Å²) >= 11 is 0. The Hall–Kier alpha value is -1.78. The highest BCUT2D eigenvalue weighted by Gasteiger charge is 2.23. The molecule has 1 heterocycles. The molecule has 2 fully saturated rings. The summed E-state index contributed by atoms with van der Waals surface area (Å²) in [6, 6.07) is 4.60. The van der Waals surface area contributed by atoms with Gasteiger partial charge in [-0.1, -0.05) is 12.8 Å². The van der Waals surface area contributed by atoms with E-state index in [2.05, 4.69) is 20.9 Å². The van der Waals surface area contributed by atoms with Crippen molar-refractivity contribution in [2.45, 2.75) is 50.6 Å². The molecule has 1 aromatic rings. The molecule has 2 aliphatic carbocycles. The van der Waals surface area contributed by atoms with Gasteiger partial charge >= 0.3 is 6.03 Å². The molecular weight excluding hydrogens is 240 g/mol. The SMILES string of the molecule is O=C(Nc1ccc(NC2CCCC2)nc1)NC1CC1. The molecule has 5 heteroatoms. The van der Waals surface area contributed by atoms with Crippen molar-refractivity contribution >= 4 is 17.5 Å². The van der Waals surface area contributed by atoms with Crippen LogP contribution in [0.15, 0.2) is 18.3 Å². The van der Waals surface area contributed by atoms with Gasteiger partial charge in [-0.05, 0) is 37.8 Å². The molecule has 0 saturated heterocycles. The van der Waals surface area contributed by atoms with Crippen LogP contribution in [0.25, 0.3) is 0 Å². The molecule has 3 rings (SSSR count). The number of carbonyl (C=O) groups is 1. The van der Waals surface area contributed by atoms with Crippen LogP contribution < -0.4 is 16.0 Å². The molecule has 0 spiro atoms. The molecule has 2 amide bonds. The van der Waals surface area contributed by atoms with Gasteiger partial charge in [0.05, 0.1) is 11.9 Å². The summed E-state index contributed by atoms with van der Waals surface area (Å²) in [6.45, 7) is 0. The Morgan fingerprint density at radius 3 is 2.53 bits per heavy atom. The molecule has 19 heavy (non-hydrogen) atoms. The number of amides is 2. The van der Waals surface area contributed by atoms with Crippen LogP contribution in [0.5, 0.6) is 0 Å². The predicted molar refractivity (Wildman–Crippen MR) is 75.3 cm³/mol. The van der Waals surface area contributed by atoms with E-state index in [-0.39, 0.29) is 6.03 Å². The molecule has 0 bridgehead atoms. The monoisotopic (exact) mass is 260 g/mol. The van der Waals surface area contributed by atoms with Crippen LogP contribution in [0.4, 0.5) is 16.3 Å². The number of hydrogen-bond donors (Lipinski definition) is 3. The number of aromatic nitrogens is 1. The molecule has 3 N–H and O–H groups in total. The summed E-state index contributed by atoms with van der Waals surface area (Å²) in [5.74, 6) is 0.889. The lowest BCUT2D eigenvalue weighted by molar-refractivity contribution is 0.251. The average Bonchev–Trinajstić information content (AvgIpc) is 3.05. The Kier molecular flexibility index (Phi) is 3.53. The van der Waals surface area contributed by atoms with Gasteiger partial charge in [-0.3, -0.25) is 0 Å². The van der Waals surface area contributed by atoms with E-state index in [0.717, 1.165) is 24.3 Å². The molecular formula is C14H20N4O. The molecule has 2 aliphatic rings. The van der Waals surface area contributed by atoms with Crippen molar-refractivity contribution in [3.8, 4) is 0 Å². The highest BCUT2D eigenvalue weighted by atomic mass is 16.2. The van der Waals surface area contributed by atoms with Gasteiger partial charge < -0.3 is 16.0 Å². The maximum atomic E-state index is 11.6. The first kappa shape index (κ1) is 12.3. The zero-order chi connectivity index (χ0) is 13.1. The molecule has 0 unspecified atom stereocenters. The molecule has 0 aliphatic heterocycles. The fourth-order valence-electron chi connectivity index (χ4n) is 2.41. The fraction of sp³-hybridized carbons (Fsp3) is 0.571. The van der Waals surface area contributed by atoms with E-state index >= 15 is 0 Å². The first-order chi connectivity index (χ1) is 9.29. The summed E-state index contributed by atoms with van der Waals surface area (Å²) in [5.41, 5.74) is 0.732. The van der Waals surface area contributed by atoms with E-state index in [4.69, 9.17) is 0 Å². The number of nitrogens with one attached hydrogen (secondary N) is 3. The molecule has 102 valence electrons. The zero-order valence-corrected chi connectivity index (χ0v) is 11.0. The molecule has 0 atom stereocenters. The number of anilines is 2. The van der Waals surface area contributed by atoms with Crippen LogP contribution in [0.3, 0.4) is 0 Å². The minimum Gasteiger partial charge on any atom is -0.367 e. The average molecular weight is 260 g/mol. The number of urea groups is 1. The van der Waals surface area contributed by atoms with Crippen molar-refractivity contribution < 1.29 is 4.79 Å². The first-order valence-corrected chi connectivity index (χ1v) is 7.10. The van der Waals surface area contributed by atoms with E-state index in [1.54, 1.807) is 6.20 Å². The van der Waals surface area contributed by atoms with Crippen molar-refractivity contribution in [3.63, 3.8) is 0 Å². The second-order valence-electron chi connectivity index (χ2n) is 5.43. The Morgan fingerprint density at radius 1 is 1.11 bits per heavy atom. The molecule has 0 radical (unpaired) electrons. The van der Waals surface area contributed by atoms with E-state index in [0.29, 0.717) is 12.1 Å². The minimum absolute atomic E-state index is 0.138. The van der Waals surface area contributed by atoms with Gasteiger partial charge in [-0.25, -0.2) is 9.78 Å². The maximum absolute atomic E-state index is 11.6. The smallest absolute Gasteiger partial charge is 0.319 e. The van der Waals surface area contributed by atoms with Gasteiger partial charge in [0.2, 0.25) is 0 Å². The van der Waals surface area contributed by atoms with E-state index in [1.165, 1.54) is 25.7 Å². The van der Waals surface area contributed by atoms with Crippen LogP contribution in [-0.4, -0.2) is 23.1 Å². The second kappa shape index (κ2) is 5.47. The van der Waals surface area contributed by atoms with Crippen molar-refractivity contribution in [3.05, 3.63) is 18.3 Å². The lowest BCUT2D eigenvalue weighted by Crippen LogP contribution is -2.30. The lowest BCUT2D eigenvalue weighted by Gasteiger charge is -2.13. The van der Waals surface area contributed by atoms with E-state index in [1.807, 2.05) is 12.1 Å². The third-order valence-corrected chi connectivity index (χ3v) is 3.64. The van der Waals surface area contributed by atoms with Crippen molar-refractivity contribution in [2.24, 2.45) is 0 Å². The second-order valence-corrected chi connectivity index (χ2v) is 5.43. The van der Waals surface area contributed by atoms with Gasteiger partial charge in [0, 0.05) is 12.1 Å². The highest BCUT2D eigenvalue weighted by Crippen LogP contribution is 2.22. The largest absolute Gasteiger partial charge is 0.367 e. The third-order valence-electron chi connectivity index (χ3n) is 3.64. The predicted octanol–water partition coefficient (Wildman–Crippen LogP) is 2.72. The number of rotatable bonds is 4. The maximum Gasteiger partial charge on any atom is 0.319 e. The molecule has 5 nitrogen and oxygen atoms in total. The number of pyridine rings is 1. The fourth-order valence-corrected chi connectivity index (χ4v) is 2.41. The van der Waals surface area contributed by atoms with Gasteiger partial charge in [-0.2, -0.15) is 0 Å². The van der Waals surface area contributed by atoms with Crippen LogP contribution in [0.2, 0.25) is 0 Å². The van der Waals surface area contributed by atoms with Crippen LogP contribution in [0.1, 0.15) is 38.5 Å². The molecule has 0 aromatic carbocycles. The number of hydrogen-bond acceptors (Lipinski definition) is 3. The molecule has 1 aromatic heterocycles. The normalized spacial score (nSPS) is 19.2. The van der Waals surface area contributed by atoms with Crippen LogP contribution in [0, 0.1) is 0 Å². The third kappa shape index (κ3) is 3.59. The van der Waals surface area contributed by atoms with Crippen LogP contribution in [-0.2, 0) is 0 Å². The summed E-state index contributed by atoms with van der Waals surface area (Å²) in [7, 11) is 0. The number of carbonyl (C=O) groups excluding carboxylic acids is 1. The zero-order valence-electron chi connectivity index (χ0n) is 11.0. The summed E-state index contributed by atoms with van der Waals surface area (Å²) in [5, 5.41) is 9.10. The van der Waals surface area contributed by atoms with Crippen LogP contribution >= 0.6 is 0 Å². The summed E-state index contributed by atoms with van der Waals surface area (Å²) < 4.78 is 0. The number of nitrogens with zero attached hydrogens (tertiary/aromatic N) is 1. The van der Waals surface area contributed by atoms with E-state index in [9.17, 15) is 4.79 Å². The van der Waals surface area contributed by atoms with E-state index < -0.39 is 0 Å². The summed E-state index contributed by atoms with van der Waals surface area (Å²) in [4.78, 5) is 15.9. The Morgan fingerprint density at radius 2 is 1.89 bits per heavy atom. The van der Waals surface area contributed by atoms with Gasteiger partial charge in [0.25, 0.3) is 0 Å². The Labute approximate surface area is 113 Å². The first-order valence-electron chi connectivity index (χ1n) is 7.10. The lowest BCUT2D eigenvalue weighted by atomic mass is 10.2. The van der Waals surface area contributed by atoms with Crippen molar-refractivity contribution in [1.82, 2.24) is 10.3 Å². The summed E-state index contributed by atoms with van der Waals surface area (Å²) in [6.07, 6.45) is 8.95. The highest BCUT2D eigenvalue weighted by molar-refractivity contribution is 5.89.